The van der Waals surface area contributed by atoms with Crippen molar-refractivity contribution >= 4 is 35.1 Å². The van der Waals surface area contributed by atoms with Crippen LogP contribution in [0.25, 0.3) is 5.69 Å². The summed E-state index contributed by atoms with van der Waals surface area (Å²) in [6, 6.07) is 7.83. The van der Waals surface area contributed by atoms with E-state index in [0.717, 1.165) is 0 Å². The smallest absolute Gasteiger partial charge is 0.322 e. The minimum absolute atomic E-state index is 0.0848. The number of benzene rings is 1. The highest BCUT2D eigenvalue weighted by Gasteiger charge is 2.31. The number of imide groups is 1. The van der Waals surface area contributed by atoms with Gasteiger partial charge in [-0.05, 0) is 18.6 Å². The van der Waals surface area contributed by atoms with E-state index in [1.165, 1.54) is 4.68 Å². The summed E-state index contributed by atoms with van der Waals surface area (Å²) >= 11 is 6.36. The van der Waals surface area contributed by atoms with Crippen LogP contribution in [0.5, 0.6) is 0 Å². The lowest BCUT2D eigenvalue weighted by molar-refractivity contribution is -0.131. The van der Waals surface area contributed by atoms with Gasteiger partial charge in [0.15, 0.2) is 0 Å². The molecule has 0 aliphatic carbocycles. The molecule has 2 aliphatic heterocycles. The van der Waals surface area contributed by atoms with Crippen LogP contribution in [-0.2, 0) is 9.59 Å². The van der Waals surface area contributed by atoms with Gasteiger partial charge in [0.1, 0.15) is 11.1 Å². The lowest BCUT2D eigenvalue weighted by Gasteiger charge is -2.36. The minimum Gasteiger partial charge on any atom is -0.365 e. The first-order valence-electron chi connectivity index (χ1n) is 9.91. The molecule has 0 bridgehead atoms. The van der Waals surface area contributed by atoms with Crippen molar-refractivity contribution in [3.8, 4) is 5.69 Å². The molecule has 2 aliphatic rings. The first-order chi connectivity index (χ1) is 14.9. The largest absolute Gasteiger partial charge is 0.365 e. The number of piperazine rings is 1. The quantitative estimate of drug-likeness (QED) is 0.649. The fourth-order valence-corrected chi connectivity index (χ4v) is 3.93. The number of para-hydroxylation sites is 1. The van der Waals surface area contributed by atoms with Crippen LogP contribution in [0.15, 0.2) is 41.3 Å². The van der Waals surface area contributed by atoms with Gasteiger partial charge in [-0.2, -0.15) is 9.78 Å². The van der Waals surface area contributed by atoms with Gasteiger partial charge in [0.05, 0.1) is 17.6 Å². The second-order valence-corrected chi connectivity index (χ2v) is 7.70. The lowest BCUT2D eigenvalue weighted by Crippen LogP contribution is -2.49. The Labute approximate surface area is 182 Å². The van der Waals surface area contributed by atoms with Crippen molar-refractivity contribution in [2.45, 2.75) is 18.9 Å². The number of nitrogens with zero attached hydrogens (tertiary/aromatic N) is 4. The Kier molecular flexibility index (Phi) is 5.90. The van der Waals surface area contributed by atoms with Gasteiger partial charge in [-0.1, -0.05) is 29.8 Å². The number of aromatic nitrogens is 2. The Morgan fingerprint density at radius 1 is 1.10 bits per heavy atom. The zero-order chi connectivity index (χ0) is 22.0. The number of hydrogen-bond acceptors (Lipinski definition) is 6. The third-order valence-corrected chi connectivity index (χ3v) is 5.74. The van der Waals surface area contributed by atoms with Crippen molar-refractivity contribution in [2.75, 3.05) is 31.1 Å². The topological polar surface area (TPSA) is 117 Å². The average Bonchev–Trinajstić information content (AvgIpc) is 3.11. The van der Waals surface area contributed by atoms with Crippen molar-refractivity contribution < 1.29 is 14.4 Å². The van der Waals surface area contributed by atoms with Gasteiger partial charge in [-0.25, -0.2) is 4.79 Å². The number of rotatable bonds is 5. The zero-order valence-corrected chi connectivity index (χ0v) is 17.3. The van der Waals surface area contributed by atoms with Crippen LogP contribution in [-0.4, -0.2) is 64.7 Å². The highest BCUT2D eigenvalue weighted by molar-refractivity contribution is 6.33. The van der Waals surface area contributed by atoms with E-state index in [9.17, 15) is 19.2 Å². The molecular weight excluding hydrogens is 424 g/mol. The molecule has 0 radical (unpaired) electrons. The maximum absolute atomic E-state index is 12.7. The molecule has 0 spiro atoms. The van der Waals surface area contributed by atoms with Crippen LogP contribution in [0, 0.1) is 0 Å². The van der Waals surface area contributed by atoms with Crippen LogP contribution >= 0.6 is 11.6 Å². The summed E-state index contributed by atoms with van der Waals surface area (Å²) in [7, 11) is 0. The Balaban J connectivity index is 1.36. The van der Waals surface area contributed by atoms with Gasteiger partial charge < -0.3 is 15.1 Å². The van der Waals surface area contributed by atoms with Gasteiger partial charge >= 0.3 is 6.03 Å². The Bertz CT molecular complexity index is 1070. The molecule has 4 rings (SSSR count). The normalized spacial score (nSPS) is 18.7. The minimum atomic E-state index is -0.668. The van der Waals surface area contributed by atoms with E-state index in [0.29, 0.717) is 37.6 Å². The van der Waals surface area contributed by atoms with Crippen molar-refractivity contribution in [3.63, 3.8) is 0 Å². The molecule has 0 unspecified atom stereocenters. The summed E-state index contributed by atoms with van der Waals surface area (Å²) in [5.41, 5.74) is 0.764. The van der Waals surface area contributed by atoms with Crippen LogP contribution in [0.3, 0.4) is 0 Å². The molecule has 0 saturated carbocycles. The van der Waals surface area contributed by atoms with E-state index in [4.69, 9.17) is 11.6 Å². The molecule has 1 aromatic carbocycles. The fourth-order valence-electron chi connectivity index (χ4n) is 3.68. The summed E-state index contributed by atoms with van der Waals surface area (Å²) in [5.74, 6) is -0.493. The summed E-state index contributed by atoms with van der Waals surface area (Å²) in [4.78, 5) is 51.5. The number of carbonyl (C=O) groups is 3. The van der Waals surface area contributed by atoms with E-state index in [-0.39, 0.29) is 23.8 Å². The SMILES string of the molecule is O=C1NC(=O)[C@H](CCC(=O)N2CCN(c3cnn(-c4ccccc4)c(=O)c3Cl)CC2)N1. The van der Waals surface area contributed by atoms with Crippen LogP contribution in [0.2, 0.25) is 5.02 Å². The molecule has 4 amide bonds. The Morgan fingerprint density at radius 3 is 2.45 bits per heavy atom. The molecular formula is C20H21ClN6O4. The molecule has 31 heavy (non-hydrogen) atoms. The molecule has 2 aromatic rings. The number of halogens is 1. The number of nitrogens with one attached hydrogen (secondary N) is 2. The molecule has 1 aromatic heterocycles. The van der Waals surface area contributed by atoms with Crippen molar-refractivity contribution in [2.24, 2.45) is 0 Å². The maximum Gasteiger partial charge on any atom is 0.322 e. The number of hydrogen-bond donors (Lipinski definition) is 2. The number of urea groups is 1. The predicted octanol–water partition coefficient (Wildman–Crippen LogP) is 0.523. The Morgan fingerprint density at radius 2 is 1.81 bits per heavy atom. The van der Waals surface area contributed by atoms with Gasteiger partial charge in [-0.15, -0.1) is 0 Å². The molecule has 11 heteroatoms. The van der Waals surface area contributed by atoms with Gasteiger partial charge in [-0.3, -0.25) is 19.7 Å². The summed E-state index contributed by atoms with van der Waals surface area (Å²) in [6.45, 7) is 1.92. The van der Waals surface area contributed by atoms with Crippen LogP contribution in [0.1, 0.15) is 12.8 Å². The van der Waals surface area contributed by atoms with Gasteiger partial charge in [0.25, 0.3) is 11.5 Å². The molecule has 2 saturated heterocycles. The molecule has 1 atom stereocenters. The van der Waals surface area contributed by atoms with Crippen LogP contribution in [0.4, 0.5) is 10.5 Å². The summed E-state index contributed by atoms with van der Waals surface area (Å²) < 4.78 is 1.25. The van der Waals surface area contributed by atoms with Crippen molar-refractivity contribution in [1.82, 2.24) is 25.3 Å². The van der Waals surface area contributed by atoms with Crippen LogP contribution < -0.4 is 21.1 Å². The van der Waals surface area contributed by atoms with E-state index in [2.05, 4.69) is 15.7 Å². The lowest BCUT2D eigenvalue weighted by atomic mass is 10.1. The highest BCUT2D eigenvalue weighted by Crippen LogP contribution is 2.23. The average molecular weight is 445 g/mol. The predicted molar refractivity (Wildman–Crippen MR) is 113 cm³/mol. The van der Waals surface area contributed by atoms with E-state index in [1.54, 1.807) is 23.2 Å². The van der Waals surface area contributed by atoms with Crippen molar-refractivity contribution in [3.05, 3.63) is 51.9 Å². The summed E-state index contributed by atoms with van der Waals surface area (Å²) in [6.07, 6.45) is 1.98. The third kappa shape index (κ3) is 4.38. The standard InChI is InChI=1S/C20H21ClN6O4/c21-17-15(12-22-27(19(17)30)13-4-2-1-3-5-13)25-8-10-26(11-9-25)16(28)7-6-14-18(29)24-20(31)23-14/h1-5,12,14H,6-11H2,(H2,23,24,29,31)/t14-/m0/s1. The zero-order valence-electron chi connectivity index (χ0n) is 16.6. The van der Waals surface area contributed by atoms with E-state index >= 15 is 0 Å². The number of amides is 4. The monoisotopic (exact) mass is 444 g/mol. The van der Waals surface area contributed by atoms with E-state index in [1.807, 2.05) is 23.1 Å². The molecule has 2 fully saturated rings. The van der Waals surface area contributed by atoms with Crippen molar-refractivity contribution in [1.29, 1.82) is 0 Å². The maximum atomic E-state index is 12.7. The number of anilines is 1. The highest BCUT2D eigenvalue weighted by atomic mass is 35.5. The van der Waals surface area contributed by atoms with Gasteiger partial charge in [0, 0.05) is 32.6 Å². The summed E-state index contributed by atoms with van der Waals surface area (Å²) in [5, 5.41) is 8.97. The molecule has 2 N–H and O–H groups in total. The molecule has 3 heterocycles. The second-order valence-electron chi connectivity index (χ2n) is 7.32. The van der Waals surface area contributed by atoms with E-state index < -0.39 is 23.5 Å². The second kappa shape index (κ2) is 8.76. The number of carbonyl (C=O) groups excluding carboxylic acids is 3. The first-order valence-corrected chi connectivity index (χ1v) is 10.3. The molecule has 162 valence electrons. The first kappa shape index (κ1) is 20.9. The fraction of sp³-hybridized carbons (Fsp3) is 0.350. The Hall–Kier alpha value is -3.40. The molecule has 10 nitrogen and oxygen atoms in total. The third-order valence-electron chi connectivity index (χ3n) is 5.38. The van der Waals surface area contributed by atoms with Gasteiger partial charge in [0.2, 0.25) is 5.91 Å².